The molecule has 2 aromatic carbocycles. The topological polar surface area (TPSA) is 22.0 Å². The van der Waals surface area contributed by atoms with E-state index in [1.807, 2.05) is 30.3 Å². The predicted molar refractivity (Wildman–Crippen MR) is 81.4 cm³/mol. The highest BCUT2D eigenvalue weighted by atomic mass is 79.9. The molecule has 0 aliphatic rings. The number of pyridine rings is 1. The molecule has 100 valence electrons. The molecule has 0 fully saturated rings. The second-order valence-electron chi connectivity index (χ2n) is 4.55. The Balaban J connectivity index is 2.15. The van der Waals surface area contributed by atoms with Crippen LogP contribution < -0.4 is 5.56 Å². The Kier molecular flexibility index (Phi) is 3.40. The molecule has 0 radical (unpaired) electrons. The molecule has 0 N–H and O–H groups in total. The standard InChI is InChI=1S/C16H11BrFNO/c17-14-9-13(18)7-5-12(14)10-19-15-4-2-1-3-11(15)6-8-16(19)20/h1-9H,10H2. The van der Waals surface area contributed by atoms with Crippen LogP contribution in [0.3, 0.4) is 0 Å². The largest absolute Gasteiger partial charge is 0.304 e. The molecule has 0 aliphatic carbocycles. The minimum atomic E-state index is -0.300. The maximum Gasteiger partial charge on any atom is 0.251 e. The van der Waals surface area contributed by atoms with Crippen LogP contribution in [0.5, 0.6) is 0 Å². The third-order valence-corrected chi connectivity index (χ3v) is 3.98. The molecule has 0 unspecified atom stereocenters. The molecular formula is C16H11BrFNO. The van der Waals surface area contributed by atoms with Gasteiger partial charge in [0.05, 0.1) is 12.1 Å². The Morgan fingerprint density at radius 3 is 2.65 bits per heavy atom. The maximum atomic E-state index is 13.1. The van der Waals surface area contributed by atoms with E-state index >= 15 is 0 Å². The van der Waals surface area contributed by atoms with E-state index in [1.54, 1.807) is 16.7 Å². The summed E-state index contributed by atoms with van der Waals surface area (Å²) in [5.41, 5.74) is 1.67. The van der Waals surface area contributed by atoms with Crippen molar-refractivity contribution in [3.8, 4) is 0 Å². The number of halogens is 2. The molecule has 1 heterocycles. The average Bonchev–Trinajstić information content (AvgIpc) is 2.44. The first kappa shape index (κ1) is 13.1. The second-order valence-corrected chi connectivity index (χ2v) is 5.41. The number of hydrogen-bond donors (Lipinski definition) is 0. The van der Waals surface area contributed by atoms with Crippen molar-refractivity contribution in [3.63, 3.8) is 0 Å². The van der Waals surface area contributed by atoms with Crippen LogP contribution in [0.1, 0.15) is 5.56 Å². The van der Waals surface area contributed by atoms with E-state index in [2.05, 4.69) is 15.9 Å². The van der Waals surface area contributed by atoms with Crippen LogP contribution in [-0.2, 0) is 6.54 Å². The third kappa shape index (κ3) is 2.39. The molecule has 0 amide bonds. The minimum Gasteiger partial charge on any atom is -0.304 e. The number of nitrogens with zero attached hydrogens (tertiary/aromatic N) is 1. The number of rotatable bonds is 2. The van der Waals surface area contributed by atoms with E-state index in [0.717, 1.165) is 16.5 Å². The van der Waals surface area contributed by atoms with E-state index in [9.17, 15) is 9.18 Å². The third-order valence-electron chi connectivity index (χ3n) is 3.24. The molecular weight excluding hydrogens is 321 g/mol. The van der Waals surface area contributed by atoms with Gasteiger partial charge in [-0.3, -0.25) is 4.79 Å². The molecule has 1 aromatic heterocycles. The normalized spacial score (nSPS) is 10.9. The highest BCUT2D eigenvalue weighted by molar-refractivity contribution is 9.10. The van der Waals surface area contributed by atoms with Crippen molar-refractivity contribution in [3.05, 3.63) is 80.8 Å². The van der Waals surface area contributed by atoms with Crippen molar-refractivity contribution in [2.75, 3.05) is 0 Å². The summed E-state index contributed by atoms with van der Waals surface area (Å²) in [6, 6.07) is 15.6. The van der Waals surface area contributed by atoms with Gasteiger partial charge in [0.25, 0.3) is 5.56 Å². The molecule has 0 aliphatic heterocycles. The zero-order chi connectivity index (χ0) is 14.1. The second kappa shape index (κ2) is 5.21. The van der Waals surface area contributed by atoms with Gasteiger partial charge in [-0.1, -0.05) is 40.2 Å². The Bertz CT molecular complexity index is 841. The van der Waals surface area contributed by atoms with Crippen LogP contribution >= 0.6 is 15.9 Å². The molecule has 0 atom stereocenters. The van der Waals surface area contributed by atoms with Crippen LogP contribution in [0, 0.1) is 5.82 Å². The van der Waals surface area contributed by atoms with Gasteiger partial charge in [0.15, 0.2) is 0 Å². The quantitative estimate of drug-likeness (QED) is 0.696. The number of benzene rings is 2. The summed E-state index contributed by atoms with van der Waals surface area (Å²) in [5.74, 6) is -0.300. The van der Waals surface area contributed by atoms with Gasteiger partial charge in [0.2, 0.25) is 0 Å². The van der Waals surface area contributed by atoms with Gasteiger partial charge in [-0.25, -0.2) is 4.39 Å². The monoisotopic (exact) mass is 331 g/mol. The molecule has 0 bridgehead atoms. The fourth-order valence-electron chi connectivity index (χ4n) is 2.23. The summed E-state index contributed by atoms with van der Waals surface area (Å²) in [6.07, 6.45) is 0. The van der Waals surface area contributed by atoms with Gasteiger partial charge in [-0.2, -0.15) is 0 Å². The summed E-state index contributed by atoms with van der Waals surface area (Å²) < 4.78 is 15.5. The summed E-state index contributed by atoms with van der Waals surface area (Å²) in [6.45, 7) is 0.404. The average molecular weight is 332 g/mol. The fourth-order valence-corrected chi connectivity index (χ4v) is 2.70. The zero-order valence-corrected chi connectivity index (χ0v) is 12.1. The molecule has 20 heavy (non-hydrogen) atoms. The number of para-hydroxylation sites is 1. The fraction of sp³-hybridized carbons (Fsp3) is 0.0625. The lowest BCUT2D eigenvalue weighted by atomic mass is 10.2. The molecule has 0 spiro atoms. The van der Waals surface area contributed by atoms with E-state index < -0.39 is 0 Å². The van der Waals surface area contributed by atoms with Gasteiger partial charge in [0, 0.05) is 10.5 Å². The number of fused-ring (bicyclic) bond motifs is 1. The Morgan fingerprint density at radius 1 is 1.05 bits per heavy atom. The Hall–Kier alpha value is -1.94. The van der Waals surface area contributed by atoms with Gasteiger partial charge >= 0.3 is 0 Å². The smallest absolute Gasteiger partial charge is 0.251 e. The lowest BCUT2D eigenvalue weighted by molar-refractivity contribution is 0.625. The van der Waals surface area contributed by atoms with Gasteiger partial charge in [0.1, 0.15) is 5.82 Å². The first-order chi connectivity index (χ1) is 9.65. The van der Waals surface area contributed by atoms with Crippen LogP contribution in [0.2, 0.25) is 0 Å². The van der Waals surface area contributed by atoms with E-state index in [0.29, 0.717) is 11.0 Å². The highest BCUT2D eigenvalue weighted by Gasteiger charge is 2.06. The highest BCUT2D eigenvalue weighted by Crippen LogP contribution is 2.20. The predicted octanol–water partition coefficient (Wildman–Crippen LogP) is 3.95. The van der Waals surface area contributed by atoms with Gasteiger partial charge in [-0.05, 0) is 35.2 Å². The summed E-state index contributed by atoms with van der Waals surface area (Å²) in [7, 11) is 0. The van der Waals surface area contributed by atoms with E-state index in [-0.39, 0.29) is 11.4 Å². The maximum absolute atomic E-state index is 13.1. The molecule has 4 heteroatoms. The van der Waals surface area contributed by atoms with Crippen LogP contribution in [0.15, 0.2) is 63.9 Å². The Morgan fingerprint density at radius 2 is 1.85 bits per heavy atom. The van der Waals surface area contributed by atoms with Crippen LogP contribution in [-0.4, -0.2) is 4.57 Å². The van der Waals surface area contributed by atoms with Crippen molar-refractivity contribution < 1.29 is 4.39 Å². The molecule has 0 saturated carbocycles. The first-order valence-electron chi connectivity index (χ1n) is 6.18. The number of aromatic nitrogens is 1. The SMILES string of the molecule is O=c1ccc2ccccc2n1Cc1ccc(F)cc1Br. The lowest BCUT2D eigenvalue weighted by Crippen LogP contribution is -2.20. The van der Waals surface area contributed by atoms with Crippen molar-refractivity contribution in [2.45, 2.75) is 6.54 Å². The molecule has 3 rings (SSSR count). The molecule has 3 aromatic rings. The van der Waals surface area contributed by atoms with Crippen molar-refractivity contribution in [1.29, 1.82) is 0 Å². The lowest BCUT2D eigenvalue weighted by Gasteiger charge is -2.11. The van der Waals surface area contributed by atoms with Crippen molar-refractivity contribution in [2.24, 2.45) is 0 Å². The summed E-state index contributed by atoms with van der Waals surface area (Å²) in [5, 5.41) is 1.00. The van der Waals surface area contributed by atoms with Crippen LogP contribution in [0.4, 0.5) is 4.39 Å². The molecule has 0 saturated heterocycles. The van der Waals surface area contributed by atoms with E-state index in [4.69, 9.17) is 0 Å². The minimum absolute atomic E-state index is 0.0695. The van der Waals surface area contributed by atoms with Crippen molar-refractivity contribution in [1.82, 2.24) is 4.57 Å². The van der Waals surface area contributed by atoms with Crippen LogP contribution in [0.25, 0.3) is 10.9 Å². The van der Waals surface area contributed by atoms with E-state index in [1.165, 1.54) is 12.1 Å². The summed E-state index contributed by atoms with van der Waals surface area (Å²) >= 11 is 3.34. The number of hydrogen-bond acceptors (Lipinski definition) is 1. The zero-order valence-electron chi connectivity index (χ0n) is 10.5. The Labute approximate surface area is 123 Å². The molecule has 2 nitrogen and oxygen atoms in total. The summed E-state index contributed by atoms with van der Waals surface area (Å²) in [4.78, 5) is 12.1. The van der Waals surface area contributed by atoms with Gasteiger partial charge in [-0.15, -0.1) is 0 Å². The van der Waals surface area contributed by atoms with Crippen molar-refractivity contribution >= 4 is 26.8 Å². The van der Waals surface area contributed by atoms with Gasteiger partial charge < -0.3 is 4.57 Å². The first-order valence-corrected chi connectivity index (χ1v) is 6.97.